The second kappa shape index (κ2) is 4.75. The number of halogens is 1. The molecule has 0 aliphatic heterocycles. The molecule has 3 heteroatoms. The van der Waals surface area contributed by atoms with Crippen LogP contribution in [0.1, 0.15) is 11.1 Å². The second-order valence-electron chi connectivity index (χ2n) is 2.55. The molecule has 1 nitrogen and oxygen atoms in total. The number of nitrogens with two attached hydrogens (primary N) is 1. The largest absolute Gasteiger partial charge is 0.326 e. The number of thioether (sulfide) groups is 1. The van der Waals surface area contributed by atoms with Gasteiger partial charge >= 0.3 is 0 Å². The molecule has 0 heterocycles. The highest BCUT2D eigenvalue weighted by Gasteiger charge is 2.00. The molecule has 0 bridgehead atoms. The van der Waals surface area contributed by atoms with Crippen molar-refractivity contribution in [2.75, 3.05) is 6.26 Å². The van der Waals surface area contributed by atoms with Crippen LogP contribution in [0.4, 0.5) is 0 Å². The summed E-state index contributed by atoms with van der Waals surface area (Å²) in [5.41, 5.74) is 8.02. The first kappa shape index (κ1) is 9.90. The van der Waals surface area contributed by atoms with E-state index in [0.29, 0.717) is 6.54 Å². The van der Waals surface area contributed by atoms with E-state index in [0.717, 1.165) is 16.3 Å². The lowest BCUT2D eigenvalue weighted by molar-refractivity contribution is 1.04. The van der Waals surface area contributed by atoms with Gasteiger partial charge in [-0.2, -0.15) is 11.8 Å². The van der Waals surface area contributed by atoms with Crippen molar-refractivity contribution in [3.63, 3.8) is 0 Å². The molecule has 0 atom stereocenters. The fraction of sp³-hybridized carbons (Fsp3) is 0.333. The number of rotatable bonds is 3. The third-order valence-electron chi connectivity index (χ3n) is 1.69. The molecule has 0 saturated heterocycles. The summed E-state index contributed by atoms with van der Waals surface area (Å²) < 4.78 is 0. The first-order chi connectivity index (χ1) is 5.77. The van der Waals surface area contributed by atoms with Gasteiger partial charge in [-0.15, -0.1) is 0 Å². The van der Waals surface area contributed by atoms with Crippen LogP contribution in [0.25, 0.3) is 0 Å². The fourth-order valence-corrected chi connectivity index (χ4v) is 1.87. The summed E-state index contributed by atoms with van der Waals surface area (Å²) in [6.07, 6.45) is 2.08. The first-order valence-electron chi connectivity index (χ1n) is 3.74. The van der Waals surface area contributed by atoms with Crippen LogP contribution in [-0.2, 0) is 12.3 Å². The molecule has 0 aliphatic carbocycles. The molecule has 0 spiro atoms. The topological polar surface area (TPSA) is 26.0 Å². The van der Waals surface area contributed by atoms with Crippen molar-refractivity contribution in [2.45, 2.75) is 12.3 Å². The van der Waals surface area contributed by atoms with E-state index in [2.05, 4.69) is 6.26 Å². The Labute approximate surface area is 82.3 Å². The molecule has 2 N–H and O–H groups in total. The van der Waals surface area contributed by atoms with E-state index in [4.69, 9.17) is 17.3 Å². The van der Waals surface area contributed by atoms with Gasteiger partial charge in [0.1, 0.15) is 0 Å². The molecule has 0 radical (unpaired) electrons. The standard InChI is InChI=1S/C9H12ClNS/c1-12-6-7-2-3-9(10)4-8(7)5-11/h2-4H,5-6,11H2,1H3. The molecule has 0 amide bonds. The van der Waals surface area contributed by atoms with E-state index in [-0.39, 0.29) is 0 Å². The smallest absolute Gasteiger partial charge is 0.0409 e. The predicted molar refractivity (Wildman–Crippen MR) is 56.6 cm³/mol. The number of benzene rings is 1. The molecule has 0 aliphatic rings. The molecular weight excluding hydrogens is 190 g/mol. The molecule has 1 rings (SSSR count). The normalized spacial score (nSPS) is 10.2. The maximum absolute atomic E-state index is 5.83. The maximum Gasteiger partial charge on any atom is 0.0409 e. The van der Waals surface area contributed by atoms with Crippen LogP contribution < -0.4 is 5.73 Å². The lowest BCUT2D eigenvalue weighted by Crippen LogP contribution is -2.00. The van der Waals surface area contributed by atoms with Crippen LogP contribution >= 0.6 is 23.4 Å². The number of hydrogen-bond acceptors (Lipinski definition) is 2. The lowest BCUT2D eigenvalue weighted by atomic mass is 10.1. The van der Waals surface area contributed by atoms with Gasteiger partial charge in [0.05, 0.1) is 0 Å². The molecule has 1 aromatic rings. The Morgan fingerprint density at radius 2 is 2.17 bits per heavy atom. The summed E-state index contributed by atoms with van der Waals surface area (Å²) >= 11 is 7.62. The third-order valence-corrected chi connectivity index (χ3v) is 2.52. The van der Waals surface area contributed by atoms with Crippen LogP contribution in [0.15, 0.2) is 18.2 Å². The van der Waals surface area contributed by atoms with E-state index in [1.807, 2.05) is 18.2 Å². The quantitative estimate of drug-likeness (QED) is 0.814. The monoisotopic (exact) mass is 201 g/mol. The lowest BCUT2D eigenvalue weighted by Gasteiger charge is -2.05. The fourth-order valence-electron chi connectivity index (χ4n) is 1.08. The van der Waals surface area contributed by atoms with Crippen molar-refractivity contribution in [2.24, 2.45) is 5.73 Å². The van der Waals surface area contributed by atoms with Crippen LogP contribution in [0.5, 0.6) is 0 Å². The molecular formula is C9H12ClNS. The van der Waals surface area contributed by atoms with Gasteiger partial charge in [-0.25, -0.2) is 0 Å². The number of hydrogen-bond donors (Lipinski definition) is 1. The molecule has 0 fully saturated rings. The highest BCUT2D eigenvalue weighted by molar-refractivity contribution is 7.97. The molecule has 0 unspecified atom stereocenters. The van der Waals surface area contributed by atoms with E-state index in [1.165, 1.54) is 5.56 Å². The van der Waals surface area contributed by atoms with Crippen LogP contribution in [0.2, 0.25) is 5.02 Å². The summed E-state index contributed by atoms with van der Waals surface area (Å²) in [7, 11) is 0. The van der Waals surface area contributed by atoms with Gasteiger partial charge in [-0.3, -0.25) is 0 Å². The second-order valence-corrected chi connectivity index (χ2v) is 3.85. The molecule has 0 aromatic heterocycles. The zero-order chi connectivity index (χ0) is 8.97. The van der Waals surface area contributed by atoms with Gasteiger partial charge in [0.25, 0.3) is 0 Å². The van der Waals surface area contributed by atoms with Gasteiger partial charge < -0.3 is 5.73 Å². The summed E-state index contributed by atoms with van der Waals surface area (Å²) in [6, 6.07) is 5.89. The highest BCUT2D eigenvalue weighted by Crippen LogP contribution is 2.19. The Hall–Kier alpha value is -0.180. The van der Waals surface area contributed by atoms with Crippen LogP contribution in [0.3, 0.4) is 0 Å². The molecule has 12 heavy (non-hydrogen) atoms. The van der Waals surface area contributed by atoms with Crippen molar-refractivity contribution in [3.05, 3.63) is 34.3 Å². The predicted octanol–water partition coefficient (Wildman–Crippen LogP) is 2.66. The maximum atomic E-state index is 5.83. The summed E-state index contributed by atoms with van der Waals surface area (Å²) in [5, 5.41) is 0.764. The van der Waals surface area contributed by atoms with Gasteiger partial charge in [0.15, 0.2) is 0 Å². The SMILES string of the molecule is CSCc1ccc(Cl)cc1CN. The van der Waals surface area contributed by atoms with E-state index >= 15 is 0 Å². The van der Waals surface area contributed by atoms with Crippen molar-refractivity contribution in [1.29, 1.82) is 0 Å². The van der Waals surface area contributed by atoms with Gasteiger partial charge in [0, 0.05) is 17.3 Å². The van der Waals surface area contributed by atoms with Crippen LogP contribution in [0, 0.1) is 0 Å². The Morgan fingerprint density at radius 3 is 2.75 bits per heavy atom. The average Bonchev–Trinajstić information content (AvgIpc) is 2.08. The Balaban J connectivity index is 2.94. The Morgan fingerprint density at radius 1 is 1.42 bits per heavy atom. The summed E-state index contributed by atoms with van der Waals surface area (Å²) in [5.74, 6) is 1.00. The van der Waals surface area contributed by atoms with Crippen molar-refractivity contribution < 1.29 is 0 Å². The first-order valence-corrected chi connectivity index (χ1v) is 5.51. The van der Waals surface area contributed by atoms with E-state index in [9.17, 15) is 0 Å². The molecule has 0 saturated carbocycles. The zero-order valence-corrected chi connectivity index (χ0v) is 8.58. The Bertz CT molecular complexity index is 263. The third kappa shape index (κ3) is 2.41. The average molecular weight is 202 g/mol. The van der Waals surface area contributed by atoms with E-state index in [1.54, 1.807) is 11.8 Å². The minimum atomic E-state index is 0.566. The molecule has 66 valence electrons. The Kier molecular flexibility index (Phi) is 3.92. The minimum Gasteiger partial charge on any atom is -0.326 e. The summed E-state index contributed by atoms with van der Waals surface area (Å²) in [6.45, 7) is 0.566. The van der Waals surface area contributed by atoms with Gasteiger partial charge in [0.2, 0.25) is 0 Å². The summed E-state index contributed by atoms with van der Waals surface area (Å²) in [4.78, 5) is 0. The van der Waals surface area contributed by atoms with Crippen molar-refractivity contribution >= 4 is 23.4 Å². The van der Waals surface area contributed by atoms with Crippen LogP contribution in [-0.4, -0.2) is 6.26 Å². The van der Waals surface area contributed by atoms with Gasteiger partial charge in [-0.05, 0) is 29.5 Å². The van der Waals surface area contributed by atoms with E-state index < -0.39 is 0 Å². The minimum absolute atomic E-state index is 0.566. The zero-order valence-electron chi connectivity index (χ0n) is 7.01. The van der Waals surface area contributed by atoms with Crippen molar-refractivity contribution in [3.8, 4) is 0 Å². The van der Waals surface area contributed by atoms with Gasteiger partial charge in [-0.1, -0.05) is 17.7 Å². The van der Waals surface area contributed by atoms with Crippen molar-refractivity contribution in [1.82, 2.24) is 0 Å². The molecule has 1 aromatic carbocycles. The highest BCUT2D eigenvalue weighted by atomic mass is 35.5.